The third-order valence-corrected chi connectivity index (χ3v) is 4.99. The molecule has 2 heterocycles. The topological polar surface area (TPSA) is 58.0 Å². The molecule has 1 aromatic heterocycles. The molecule has 2 unspecified atom stereocenters. The van der Waals surface area contributed by atoms with Crippen molar-refractivity contribution in [1.82, 2.24) is 9.88 Å². The second-order valence-electron chi connectivity index (χ2n) is 5.00. The van der Waals surface area contributed by atoms with E-state index in [-0.39, 0.29) is 11.8 Å². The minimum atomic E-state index is -0.567. The standard InChI is InChI=1S/C14H19ClIN3O2/c15-14(11-4-3-6-17-8-11)18-21-10-12(20)9-19-7-2-1-5-13(19)16/h3-4,6,8,12-13,20H,1-2,5,7,9-10H2. The summed E-state index contributed by atoms with van der Waals surface area (Å²) < 4.78 is 0.494. The zero-order chi connectivity index (χ0) is 15.1. The van der Waals surface area contributed by atoms with Crippen LogP contribution in [0.4, 0.5) is 0 Å². The summed E-state index contributed by atoms with van der Waals surface area (Å²) in [6.45, 7) is 1.77. The summed E-state index contributed by atoms with van der Waals surface area (Å²) in [5, 5.41) is 14.1. The maximum atomic E-state index is 10.0. The maximum absolute atomic E-state index is 10.0. The highest BCUT2D eigenvalue weighted by Gasteiger charge is 2.22. The van der Waals surface area contributed by atoms with Gasteiger partial charge in [0.05, 0.1) is 4.05 Å². The van der Waals surface area contributed by atoms with Crippen LogP contribution < -0.4 is 0 Å². The molecule has 1 N–H and O–H groups in total. The fraction of sp³-hybridized carbons (Fsp3) is 0.571. The van der Waals surface area contributed by atoms with Gasteiger partial charge >= 0.3 is 0 Å². The van der Waals surface area contributed by atoms with Crippen LogP contribution in [0.3, 0.4) is 0 Å². The van der Waals surface area contributed by atoms with Crippen LogP contribution in [0.5, 0.6) is 0 Å². The van der Waals surface area contributed by atoms with Gasteiger partial charge in [-0.1, -0.05) is 39.3 Å². The van der Waals surface area contributed by atoms with Gasteiger partial charge in [-0.15, -0.1) is 0 Å². The van der Waals surface area contributed by atoms with E-state index in [0.717, 1.165) is 6.54 Å². The maximum Gasteiger partial charge on any atom is 0.177 e. The summed E-state index contributed by atoms with van der Waals surface area (Å²) in [4.78, 5) is 11.4. The molecule has 116 valence electrons. The summed E-state index contributed by atoms with van der Waals surface area (Å²) in [6, 6.07) is 3.58. The van der Waals surface area contributed by atoms with E-state index in [4.69, 9.17) is 16.4 Å². The van der Waals surface area contributed by atoms with Crippen LogP contribution in [0.25, 0.3) is 0 Å². The van der Waals surface area contributed by atoms with Crippen LogP contribution >= 0.6 is 34.2 Å². The number of hydrogen-bond acceptors (Lipinski definition) is 5. The lowest BCUT2D eigenvalue weighted by Crippen LogP contribution is -2.41. The second kappa shape index (κ2) is 8.87. The lowest BCUT2D eigenvalue weighted by atomic mass is 10.1. The molecule has 1 aromatic rings. The van der Waals surface area contributed by atoms with Crippen molar-refractivity contribution in [2.24, 2.45) is 5.16 Å². The normalized spacial score (nSPS) is 22.0. The highest BCUT2D eigenvalue weighted by molar-refractivity contribution is 14.1. The predicted octanol–water partition coefficient (Wildman–Crippen LogP) is 2.61. The molecule has 2 atom stereocenters. The quantitative estimate of drug-likeness (QED) is 0.251. The molecular formula is C14H19ClIN3O2. The van der Waals surface area contributed by atoms with E-state index in [0.29, 0.717) is 16.2 Å². The molecule has 0 amide bonds. The average molecular weight is 424 g/mol. The lowest BCUT2D eigenvalue weighted by Gasteiger charge is -2.33. The minimum Gasteiger partial charge on any atom is -0.392 e. The molecule has 5 nitrogen and oxygen atoms in total. The first-order chi connectivity index (χ1) is 10.2. The van der Waals surface area contributed by atoms with Crippen molar-refractivity contribution in [3.05, 3.63) is 30.1 Å². The number of aromatic nitrogens is 1. The molecule has 1 aliphatic heterocycles. The van der Waals surface area contributed by atoms with Crippen LogP contribution in [-0.4, -0.2) is 50.0 Å². The molecule has 1 fully saturated rings. The van der Waals surface area contributed by atoms with Gasteiger partial charge in [0.2, 0.25) is 0 Å². The zero-order valence-corrected chi connectivity index (χ0v) is 14.6. The first-order valence-corrected chi connectivity index (χ1v) is 8.61. The van der Waals surface area contributed by atoms with Crippen LogP contribution in [0.1, 0.15) is 24.8 Å². The van der Waals surface area contributed by atoms with Gasteiger partial charge in [-0.05, 0) is 37.9 Å². The van der Waals surface area contributed by atoms with Gasteiger partial charge < -0.3 is 9.94 Å². The van der Waals surface area contributed by atoms with Crippen molar-refractivity contribution in [1.29, 1.82) is 0 Å². The Kier molecular flexibility index (Phi) is 7.15. The minimum absolute atomic E-state index is 0.135. The second-order valence-corrected chi connectivity index (χ2v) is 6.79. The van der Waals surface area contributed by atoms with Crippen molar-refractivity contribution in [2.75, 3.05) is 19.7 Å². The smallest absolute Gasteiger partial charge is 0.177 e. The first kappa shape index (κ1) is 16.9. The van der Waals surface area contributed by atoms with Crippen molar-refractivity contribution in [3.8, 4) is 0 Å². The fourth-order valence-corrected chi connectivity index (χ4v) is 3.30. The van der Waals surface area contributed by atoms with Crippen LogP contribution in [0, 0.1) is 0 Å². The number of alkyl halides is 1. The number of pyridine rings is 1. The Labute approximate surface area is 143 Å². The van der Waals surface area contributed by atoms with Crippen molar-refractivity contribution in [3.63, 3.8) is 0 Å². The molecule has 0 radical (unpaired) electrons. The van der Waals surface area contributed by atoms with Gasteiger partial charge in [0, 0.05) is 24.5 Å². The van der Waals surface area contributed by atoms with Crippen LogP contribution in [-0.2, 0) is 4.84 Å². The summed E-state index contributed by atoms with van der Waals surface area (Å²) in [7, 11) is 0. The summed E-state index contributed by atoms with van der Waals surface area (Å²) >= 11 is 8.42. The molecule has 1 saturated heterocycles. The average Bonchev–Trinajstić information content (AvgIpc) is 2.50. The van der Waals surface area contributed by atoms with E-state index in [1.807, 2.05) is 0 Å². The number of piperidine rings is 1. The van der Waals surface area contributed by atoms with Gasteiger partial charge in [0.1, 0.15) is 12.7 Å². The number of aliphatic hydroxyl groups excluding tert-OH is 1. The van der Waals surface area contributed by atoms with Gasteiger partial charge in [-0.3, -0.25) is 9.88 Å². The number of aliphatic hydroxyl groups is 1. The fourth-order valence-electron chi connectivity index (χ4n) is 2.20. The Bertz CT molecular complexity index is 461. The largest absolute Gasteiger partial charge is 0.392 e. The van der Waals surface area contributed by atoms with Crippen molar-refractivity contribution >= 4 is 39.4 Å². The van der Waals surface area contributed by atoms with Crippen LogP contribution in [0.2, 0.25) is 0 Å². The van der Waals surface area contributed by atoms with E-state index in [1.54, 1.807) is 24.5 Å². The molecule has 7 heteroatoms. The number of β-amino-alcohol motifs (C(OH)–C–C–N with tert-alkyl or cyclic N) is 1. The van der Waals surface area contributed by atoms with Crippen molar-refractivity contribution < 1.29 is 9.94 Å². The van der Waals surface area contributed by atoms with Gasteiger partial charge in [0.25, 0.3) is 0 Å². The molecule has 0 aliphatic carbocycles. The molecular weight excluding hydrogens is 405 g/mol. The number of oxime groups is 1. The number of nitrogens with zero attached hydrogens (tertiary/aromatic N) is 3. The first-order valence-electron chi connectivity index (χ1n) is 6.99. The number of hydrogen-bond donors (Lipinski definition) is 1. The highest BCUT2D eigenvalue weighted by Crippen LogP contribution is 2.22. The predicted molar refractivity (Wildman–Crippen MR) is 91.8 cm³/mol. The summed E-state index contributed by atoms with van der Waals surface area (Å²) in [5.41, 5.74) is 0.692. The van der Waals surface area contributed by atoms with E-state index < -0.39 is 6.10 Å². The Hall–Kier alpha value is -0.440. The van der Waals surface area contributed by atoms with E-state index in [1.165, 1.54) is 19.3 Å². The summed E-state index contributed by atoms with van der Waals surface area (Å²) in [5.74, 6) is 0. The number of rotatable bonds is 6. The Morgan fingerprint density at radius 1 is 1.62 bits per heavy atom. The van der Waals surface area contributed by atoms with Crippen molar-refractivity contribution in [2.45, 2.75) is 29.4 Å². The van der Waals surface area contributed by atoms with Gasteiger partial charge in [-0.25, -0.2) is 0 Å². The zero-order valence-electron chi connectivity index (χ0n) is 11.7. The SMILES string of the molecule is OC(CON=C(Cl)c1cccnc1)CN1CCCCC1I. The van der Waals surface area contributed by atoms with Gasteiger partial charge in [-0.2, -0.15) is 0 Å². The van der Waals surface area contributed by atoms with E-state index >= 15 is 0 Å². The molecule has 0 bridgehead atoms. The van der Waals surface area contributed by atoms with Crippen LogP contribution in [0.15, 0.2) is 29.7 Å². The highest BCUT2D eigenvalue weighted by atomic mass is 127. The van der Waals surface area contributed by atoms with E-state index in [2.05, 4.69) is 37.6 Å². The molecule has 0 spiro atoms. The lowest BCUT2D eigenvalue weighted by molar-refractivity contribution is 0.0145. The Morgan fingerprint density at radius 3 is 3.19 bits per heavy atom. The molecule has 2 rings (SSSR count). The monoisotopic (exact) mass is 423 g/mol. The molecule has 21 heavy (non-hydrogen) atoms. The summed E-state index contributed by atoms with van der Waals surface area (Å²) in [6.07, 6.45) is 6.35. The Balaban J connectivity index is 1.75. The number of likely N-dealkylation sites (tertiary alicyclic amines) is 1. The molecule has 0 aromatic carbocycles. The molecule has 1 aliphatic rings. The third kappa shape index (κ3) is 5.69. The molecule has 0 saturated carbocycles. The number of halogens is 2. The van der Waals surface area contributed by atoms with Gasteiger partial charge in [0.15, 0.2) is 5.17 Å². The Morgan fingerprint density at radius 2 is 2.48 bits per heavy atom. The third-order valence-electron chi connectivity index (χ3n) is 3.29. The van der Waals surface area contributed by atoms with E-state index in [9.17, 15) is 5.11 Å².